The third-order valence-electron chi connectivity index (χ3n) is 1.02. The van der Waals surface area contributed by atoms with Crippen molar-refractivity contribution in [1.29, 1.82) is 0 Å². The lowest BCUT2D eigenvalue weighted by Gasteiger charge is -2.12. The fraction of sp³-hybridized carbons (Fsp3) is 0.600. The van der Waals surface area contributed by atoms with Gasteiger partial charge in [0, 0.05) is 7.11 Å². The highest BCUT2D eigenvalue weighted by atomic mass is 28.4. The number of hydrogen-bond donors (Lipinski definition) is 0. The van der Waals surface area contributed by atoms with Crippen LogP contribution in [0.1, 0.15) is 0 Å². The third-order valence-corrected chi connectivity index (χ3v) is 3.05. The van der Waals surface area contributed by atoms with Gasteiger partial charge in [-0.25, -0.2) is 0 Å². The molecule has 0 fully saturated rings. The van der Waals surface area contributed by atoms with Crippen LogP contribution >= 0.6 is 0 Å². The van der Waals surface area contributed by atoms with E-state index in [0.29, 0.717) is 0 Å². The van der Waals surface area contributed by atoms with Gasteiger partial charge in [-0.1, -0.05) is 5.70 Å². The van der Waals surface area contributed by atoms with Crippen molar-refractivity contribution in [2.75, 3.05) is 7.11 Å². The lowest BCUT2D eigenvalue weighted by atomic mass is 11.3. The van der Waals surface area contributed by atoms with Gasteiger partial charge in [0.25, 0.3) is 0 Å². The molecule has 0 aromatic rings. The molecule has 0 aliphatic heterocycles. The zero-order chi connectivity index (χ0) is 5.91. The van der Waals surface area contributed by atoms with E-state index in [1.54, 1.807) is 7.11 Å². The Labute approximate surface area is 46.1 Å². The minimum atomic E-state index is -1.39. The van der Waals surface area contributed by atoms with E-state index in [2.05, 4.69) is 19.7 Å². The van der Waals surface area contributed by atoms with Gasteiger partial charge in [-0.05, 0) is 13.1 Å². The predicted molar refractivity (Wildman–Crippen MR) is 34.7 cm³/mol. The smallest absolute Gasteiger partial charge is 0.209 e. The first-order valence-corrected chi connectivity index (χ1v) is 5.29. The van der Waals surface area contributed by atoms with Gasteiger partial charge in [0.05, 0.1) is 0 Å². The van der Waals surface area contributed by atoms with Gasteiger partial charge < -0.3 is 4.43 Å². The molecule has 0 saturated carbocycles. The highest BCUT2D eigenvalue weighted by Gasteiger charge is 2.13. The van der Waals surface area contributed by atoms with Gasteiger partial charge in [0.15, 0.2) is 0 Å². The van der Waals surface area contributed by atoms with Crippen LogP contribution in [0.3, 0.4) is 0 Å². The summed E-state index contributed by atoms with van der Waals surface area (Å²) in [6, 6.07) is 0. The average molecular weight is 116 g/mol. The molecule has 0 unspecified atom stereocenters. The molecule has 0 saturated heterocycles. The van der Waals surface area contributed by atoms with Crippen LogP contribution in [0.25, 0.3) is 0 Å². The van der Waals surface area contributed by atoms with Crippen LogP contribution < -0.4 is 0 Å². The van der Waals surface area contributed by atoms with Gasteiger partial charge in [0.1, 0.15) is 0 Å². The molecule has 0 heterocycles. The Hall–Kier alpha value is -0.0831. The third kappa shape index (κ3) is 2.59. The molecule has 42 valence electrons. The summed E-state index contributed by atoms with van der Waals surface area (Å²) < 4.78 is 5.11. The topological polar surface area (TPSA) is 9.23 Å². The molecular formula is C5H12OSi. The highest BCUT2D eigenvalue weighted by molar-refractivity contribution is 6.76. The van der Waals surface area contributed by atoms with E-state index in [9.17, 15) is 0 Å². The second-order valence-corrected chi connectivity index (χ2v) is 6.04. The van der Waals surface area contributed by atoms with Gasteiger partial charge in [-0.2, -0.15) is 0 Å². The Balaban J connectivity index is 3.58. The monoisotopic (exact) mass is 116 g/mol. The van der Waals surface area contributed by atoms with E-state index in [-0.39, 0.29) is 0 Å². The zero-order valence-corrected chi connectivity index (χ0v) is 6.19. The molecule has 2 heteroatoms. The highest BCUT2D eigenvalue weighted by Crippen LogP contribution is 2.00. The molecule has 0 spiro atoms. The lowest BCUT2D eigenvalue weighted by molar-refractivity contribution is 0.415. The van der Waals surface area contributed by atoms with Gasteiger partial charge in [-0.3, -0.25) is 0 Å². The maximum atomic E-state index is 5.11. The minimum Gasteiger partial charge on any atom is -0.417 e. The fourth-order valence-corrected chi connectivity index (χ4v) is 0.250. The molecule has 7 heavy (non-hydrogen) atoms. The molecule has 0 aromatic carbocycles. The van der Waals surface area contributed by atoms with Gasteiger partial charge >= 0.3 is 0 Å². The second-order valence-electron chi connectivity index (χ2n) is 2.01. The first kappa shape index (κ1) is 6.92. The normalized spacial score (nSPS) is 11.3. The molecule has 0 bridgehead atoms. The van der Waals surface area contributed by atoms with Crippen molar-refractivity contribution in [3.8, 4) is 0 Å². The average Bonchev–Trinajstić information content (AvgIpc) is 1.68. The quantitative estimate of drug-likeness (QED) is 0.497. The molecule has 0 atom stereocenters. The number of rotatable bonds is 2. The van der Waals surface area contributed by atoms with Crippen molar-refractivity contribution < 1.29 is 4.43 Å². The summed E-state index contributed by atoms with van der Waals surface area (Å²) in [5.74, 6) is 0. The standard InChI is InChI=1S/C5H12OSi/c1-5-7(3,4)6-2/h5H,1H2,2-4H3. The molecular weight excluding hydrogens is 104 g/mol. The Morgan fingerprint density at radius 3 is 2.00 bits per heavy atom. The van der Waals surface area contributed by atoms with Crippen molar-refractivity contribution in [2.45, 2.75) is 13.1 Å². The van der Waals surface area contributed by atoms with Crippen LogP contribution in [0, 0.1) is 0 Å². The van der Waals surface area contributed by atoms with Crippen molar-refractivity contribution in [2.24, 2.45) is 0 Å². The summed E-state index contributed by atoms with van der Waals surface area (Å²) in [7, 11) is 0.343. The summed E-state index contributed by atoms with van der Waals surface area (Å²) in [4.78, 5) is 0. The van der Waals surface area contributed by atoms with Crippen LogP contribution in [-0.2, 0) is 4.43 Å². The maximum absolute atomic E-state index is 5.11. The summed E-state index contributed by atoms with van der Waals surface area (Å²) in [6.45, 7) is 7.83. The first-order valence-electron chi connectivity index (χ1n) is 2.31. The first-order chi connectivity index (χ1) is 3.12. The molecule has 0 radical (unpaired) electrons. The summed E-state index contributed by atoms with van der Waals surface area (Å²) in [5, 5.41) is 0. The van der Waals surface area contributed by atoms with E-state index in [1.165, 1.54) is 0 Å². The molecule has 1 nitrogen and oxygen atoms in total. The summed E-state index contributed by atoms with van der Waals surface area (Å²) >= 11 is 0. The van der Waals surface area contributed by atoms with Gasteiger partial charge in [-0.15, -0.1) is 6.58 Å². The molecule has 0 N–H and O–H groups in total. The SMILES string of the molecule is C=C[Si](C)(C)OC. The number of hydrogen-bond acceptors (Lipinski definition) is 1. The van der Waals surface area contributed by atoms with E-state index >= 15 is 0 Å². The van der Waals surface area contributed by atoms with Crippen molar-refractivity contribution in [1.82, 2.24) is 0 Å². The van der Waals surface area contributed by atoms with E-state index in [1.807, 2.05) is 5.70 Å². The Morgan fingerprint density at radius 1 is 1.57 bits per heavy atom. The van der Waals surface area contributed by atoms with Crippen LogP contribution in [0.4, 0.5) is 0 Å². The van der Waals surface area contributed by atoms with Crippen molar-refractivity contribution in [3.63, 3.8) is 0 Å². The Bertz CT molecular complexity index is 68.5. The molecule has 0 aromatic heterocycles. The van der Waals surface area contributed by atoms with Crippen molar-refractivity contribution >= 4 is 8.32 Å². The fourth-order valence-electron chi connectivity index (χ4n) is 0.0833. The second kappa shape index (κ2) is 2.28. The Morgan fingerprint density at radius 2 is 2.00 bits per heavy atom. The van der Waals surface area contributed by atoms with Crippen molar-refractivity contribution in [3.05, 3.63) is 12.3 Å². The van der Waals surface area contributed by atoms with Crippen LogP contribution in [0.2, 0.25) is 13.1 Å². The van der Waals surface area contributed by atoms with Crippen LogP contribution in [-0.4, -0.2) is 15.4 Å². The molecule has 0 aliphatic rings. The lowest BCUT2D eigenvalue weighted by Crippen LogP contribution is -2.24. The molecule has 0 rings (SSSR count). The van der Waals surface area contributed by atoms with Crippen LogP contribution in [0.15, 0.2) is 12.3 Å². The van der Waals surface area contributed by atoms with Crippen LogP contribution in [0.5, 0.6) is 0 Å². The predicted octanol–water partition coefficient (Wildman–Crippen LogP) is 1.56. The zero-order valence-electron chi connectivity index (χ0n) is 5.19. The van der Waals surface area contributed by atoms with E-state index in [4.69, 9.17) is 4.43 Å². The molecule has 0 amide bonds. The minimum absolute atomic E-state index is 1.39. The summed E-state index contributed by atoms with van der Waals surface area (Å²) in [6.07, 6.45) is 0. The molecule has 0 aliphatic carbocycles. The maximum Gasteiger partial charge on any atom is 0.209 e. The Kier molecular flexibility index (Phi) is 2.26. The summed E-state index contributed by atoms with van der Waals surface area (Å²) in [5.41, 5.74) is 1.91. The van der Waals surface area contributed by atoms with E-state index in [0.717, 1.165) is 0 Å². The van der Waals surface area contributed by atoms with Gasteiger partial charge in [0.2, 0.25) is 8.32 Å². The largest absolute Gasteiger partial charge is 0.417 e. The van der Waals surface area contributed by atoms with E-state index < -0.39 is 8.32 Å².